The quantitative estimate of drug-likeness (QED) is 0.749. The van der Waals surface area contributed by atoms with Crippen LogP contribution in [0.25, 0.3) is 16.5 Å². The van der Waals surface area contributed by atoms with E-state index in [1.807, 2.05) is 18.2 Å². The minimum absolute atomic E-state index is 0. The lowest BCUT2D eigenvalue weighted by molar-refractivity contribution is 0.501. The summed E-state index contributed by atoms with van der Waals surface area (Å²) in [6, 6.07) is 13.3. The Balaban J connectivity index is 0.00000196. The molecule has 3 aromatic rings. The molecule has 0 spiro atoms. The van der Waals surface area contributed by atoms with Crippen molar-refractivity contribution in [2.75, 3.05) is 18.0 Å². The first-order valence-electron chi connectivity index (χ1n) is 8.42. The van der Waals surface area contributed by atoms with E-state index >= 15 is 0 Å². The number of hydrogen-bond donors (Lipinski definition) is 1. The Morgan fingerprint density at radius 2 is 1.77 bits per heavy atom. The van der Waals surface area contributed by atoms with E-state index in [0.717, 1.165) is 30.6 Å². The Morgan fingerprint density at radius 1 is 1.08 bits per heavy atom. The zero-order valence-electron chi connectivity index (χ0n) is 14.1. The summed E-state index contributed by atoms with van der Waals surface area (Å²) in [6.07, 6.45) is 1.99. The van der Waals surface area contributed by atoms with Gasteiger partial charge in [-0.1, -0.05) is 18.2 Å². The average molecular weight is 375 g/mol. The number of halogens is 2. The molecule has 1 unspecified atom stereocenters. The first-order valence-corrected chi connectivity index (χ1v) is 8.42. The summed E-state index contributed by atoms with van der Waals surface area (Å²) in [6.45, 7) is 1.56. The second kappa shape index (κ2) is 7.43. The maximum atomic E-state index is 13.2. The molecule has 2 heterocycles. The number of hydrogen-bond acceptors (Lipinski definition) is 4. The standard InChI is InChI=1S/C19H19FN4O.ClH/c20-13-7-9-15(10-8-13)24-19(25)17-6-2-1-5-16(17)18(22-24)23-11-3-4-14(21)12-23;/h1-2,5-10,14H,3-4,11-12,21H2;1H. The van der Waals surface area contributed by atoms with Crippen LogP contribution >= 0.6 is 12.4 Å². The van der Waals surface area contributed by atoms with Crippen molar-refractivity contribution in [1.29, 1.82) is 0 Å². The summed E-state index contributed by atoms with van der Waals surface area (Å²) in [7, 11) is 0. The van der Waals surface area contributed by atoms with Crippen LogP contribution in [0, 0.1) is 5.82 Å². The maximum absolute atomic E-state index is 13.2. The zero-order chi connectivity index (χ0) is 17.4. The molecule has 0 aliphatic carbocycles. The lowest BCUT2D eigenvalue weighted by Crippen LogP contribution is -2.44. The van der Waals surface area contributed by atoms with Gasteiger partial charge in [0.25, 0.3) is 5.56 Å². The highest BCUT2D eigenvalue weighted by atomic mass is 35.5. The Hall–Kier alpha value is -2.44. The van der Waals surface area contributed by atoms with Gasteiger partial charge in [-0.3, -0.25) is 4.79 Å². The van der Waals surface area contributed by atoms with E-state index in [2.05, 4.69) is 10.00 Å². The highest BCUT2D eigenvalue weighted by molar-refractivity contribution is 5.91. The van der Waals surface area contributed by atoms with Crippen LogP contribution in [0.5, 0.6) is 0 Å². The van der Waals surface area contributed by atoms with Gasteiger partial charge in [0, 0.05) is 24.5 Å². The average Bonchev–Trinajstić information content (AvgIpc) is 2.63. The Kier molecular flexibility index (Phi) is 5.25. The van der Waals surface area contributed by atoms with Gasteiger partial charge in [0.1, 0.15) is 5.82 Å². The molecule has 1 aromatic heterocycles. The number of benzene rings is 2. The van der Waals surface area contributed by atoms with E-state index in [1.165, 1.54) is 16.8 Å². The molecule has 0 amide bonds. The van der Waals surface area contributed by atoms with Crippen LogP contribution in [0.2, 0.25) is 0 Å². The fraction of sp³-hybridized carbons (Fsp3) is 0.263. The molecular formula is C19H20ClFN4O. The van der Waals surface area contributed by atoms with E-state index in [1.54, 1.807) is 18.2 Å². The van der Waals surface area contributed by atoms with Gasteiger partial charge >= 0.3 is 0 Å². The van der Waals surface area contributed by atoms with Gasteiger partial charge in [-0.25, -0.2) is 4.39 Å². The third-order valence-corrected chi connectivity index (χ3v) is 4.61. The first-order chi connectivity index (χ1) is 12.1. The highest BCUT2D eigenvalue weighted by Gasteiger charge is 2.22. The SMILES string of the molecule is Cl.NC1CCCN(c2nn(-c3ccc(F)cc3)c(=O)c3ccccc23)C1. The van der Waals surface area contributed by atoms with Crippen molar-refractivity contribution in [3.8, 4) is 5.69 Å². The number of fused-ring (bicyclic) bond motifs is 1. The normalized spacial score (nSPS) is 17.2. The molecule has 7 heteroatoms. The van der Waals surface area contributed by atoms with E-state index in [4.69, 9.17) is 5.73 Å². The summed E-state index contributed by atoms with van der Waals surface area (Å²) in [5.41, 5.74) is 6.45. The van der Waals surface area contributed by atoms with Crippen molar-refractivity contribution in [3.63, 3.8) is 0 Å². The number of anilines is 1. The van der Waals surface area contributed by atoms with Crippen molar-refractivity contribution in [2.45, 2.75) is 18.9 Å². The molecule has 26 heavy (non-hydrogen) atoms. The molecule has 1 saturated heterocycles. The third kappa shape index (κ3) is 3.30. The fourth-order valence-corrected chi connectivity index (χ4v) is 3.37. The van der Waals surface area contributed by atoms with Gasteiger partial charge in [0.2, 0.25) is 0 Å². The molecule has 2 aromatic carbocycles. The second-order valence-electron chi connectivity index (χ2n) is 6.41. The van der Waals surface area contributed by atoms with Crippen molar-refractivity contribution >= 4 is 29.0 Å². The Bertz CT molecular complexity index is 973. The predicted octanol–water partition coefficient (Wildman–Crippen LogP) is 2.87. The van der Waals surface area contributed by atoms with Crippen LogP contribution in [0.3, 0.4) is 0 Å². The van der Waals surface area contributed by atoms with Gasteiger partial charge in [0.15, 0.2) is 5.82 Å². The Morgan fingerprint density at radius 3 is 2.46 bits per heavy atom. The molecule has 0 radical (unpaired) electrons. The number of piperidine rings is 1. The van der Waals surface area contributed by atoms with E-state index in [0.29, 0.717) is 17.6 Å². The summed E-state index contributed by atoms with van der Waals surface area (Å²) in [5.74, 6) is 0.398. The van der Waals surface area contributed by atoms with Gasteiger partial charge in [0.05, 0.1) is 11.1 Å². The van der Waals surface area contributed by atoms with Gasteiger partial charge in [-0.15, -0.1) is 17.5 Å². The molecule has 1 atom stereocenters. The second-order valence-corrected chi connectivity index (χ2v) is 6.41. The van der Waals surface area contributed by atoms with Crippen LogP contribution < -0.4 is 16.2 Å². The molecule has 1 fully saturated rings. The molecular weight excluding hydrogens is 355 g/mol. The molecule has 0 saturated carbocycles. The lowest BCUT2D eigenvalue weighted by Gasteiger charge is -2.32. The molecule has 0 bridgehead atoms. The van der Waals surface area contributed by atoms with Crippen LogP contribution in [0.15, 0.2) is 53.3 Å². The maximum Gasteiger partial charge on any atom is 0.279 e. The van der Waals surface area contributed by atoms with Crippen LogP contribution in [0.1, 0.15) is 12.8 Å². The fourth-order valence-electron chi connectivity index (χ4n) is 3.37. The zero-order valence-corrected chi connectivity index (χ0v) is 15.0. The molecule has 136 valence electrons. The minimum atomic E-state index is -0.347. The summed E-state index contributed by atoms with van der Waals surface area (Å²) in [4.78, 5) is 15.0. The van der Waals surface area contributed by atoms with Crippen molar-refractivity contribution in [2.24, 2.45) is 5.73 Å². The Labute approximate surface area is 156 Å². The van der Waals surface area contributed by atoms with E-state index in [-0.39, 0.29) is 29.8 Å². The largest absolute Gasteiger partial charge is 0.353 e. The molecule has 1 aliphatic heterocycles. The van der Waals surface area contributed by atoms with Gasteiger partial charge in [-0.05, 0) is 43.2 Å². The lowest BCUT2D eigenvalue weighted by atomic mass is 10.1. The van der Waals surface area contributed by atoms with Gasteiger partial charge < -0.3 is 10.6 Å². The first kappa shape index (κ1) is 18.4. The molecule has 2 N–H and O–H groups in total. The number of rotatable bonds is 2. The third-order valence-electron chi connectivity index (χ3n) is 4.61. The predicted molar refractivity (Wildman–Crippen MR) is 104 cm³/mol. The van der Waals surface area contributed by atoms with Crippen LogP contribution in [0.4, 0.5) is 10.2 Å². The monoisotopic (exact) mass is 374 g/mol. The molecule has 1 aliphatic rings. The van der Waals surface area contributed by atoms with Crippen molar-refractivity contribution in [1.82, 2.24) is 9.78 Å². The van der Waals surface area contributed by atoms with E-state index < -0.39 is 0 Å². The number of aromatic nitrogens is 2. The summed E-state index contributed by atoms with van der Waals surface area (Å²) >= 11 is 0. The van der Waals surface area contributed by atoms with Crippen LogP contribution in [-0.4, -0.2) is 28.9 Å². The van der Waals surface area contributed by atoms with Crippen LogP contribution in [-0.2, 0) is 0 Å². The number of nitrogens with two attached hydrogens (primary N) is 1. The van der Waals surface area contributed by atoms with Crippen molar-refractivity contribution < 1.29 is 4.39 Å². The van der Waals surface area contributed by atoms with E-state index in [9.17, 15) is 9.18 Å². The highest BCUT2D eigenvalue weighted by Crippen LogP contribution is 2.25. The smallest absolute Gasteiger partial charge is 0.279 e. The topological polar surface area (TPSA) is 64.2 Å². The molecule has 4 rings (SSSR count). The number of nitrogens with zero attached hydrogens (tertiary/aromatic N) is 3. The minimum Gasteiger partial charge on any atom is -0.353 e. The van der Waals surface area contributed by atoms with Gasteiger partial charge in [-0.2, -0.15) is 4.68 Å². The van der Waals surface area contributed by atoms with Crippen molar-refractivity contribution in [3.05, 3.63) is 64.7 Å². The molecule has 5 nitrogen and oxygen atoms in total. The summed E-state index contributed by atoms with van der Waals surface area (Å²) in [5, 5.41) is 6.02. The summed E-state index contributed by atoms with van der Waals surface area (Å²) < 4.78 is 14.6.